The summed E-state index contributed by atoms with van der Waals surface area (Å²) in [6.45, 7) is 0. The maximum Gasteiger partial charge on any atom is 0.311 e. The molecule has 110 valence electrons. The summed E-state index contributed by atoms with van der Waals surface area (Å²) in [5.41, 5.74) is 0.424. The van der Waals surface area contributed by atoms with Crippen LogP contribution in [0.4, 0.5) is 5.13 Å². The van der Waals surface area contributed by atoms with Crippen LogP contribution in [-0.4, -0.2) is 26.5 Å². The fourth-order valence-corrected chi connectivity index (χ4v) is 4.41. The van der Waals surface area contributed by atoms with Gasteiger partial charge >= 0.3 is 5.97 Å². The molecule has 0 unspecified atom stereocenters. The summed E-state index contributed by atoms with van der Waals surface area (Å²) in [6.07, 6.45) is -0.0215. The van der Waals surface area contributed by atoms with Gasteiger partial charge < -0.3 is 4.74 Å². The normalized spacial score (nSPS) is 10.9. The van der Waals surface area contributed by atoms with Gasteiger partial charge in [-0.1, -0.05) is 0 Å². The molecule has 0 aliphatic rings. The first kappa shape index (κ1) is 15.4. The Hall–Kier alpha value is -1.96. The first-order chi connectivity index (χ1) is 9.94. The summed E-state index contributed by atoms with van der Waals surface area (Å²) in [5.74, 6) is -0.452. The van der Waals surface area contributed by atoms with Crippen LogP contribution in [0.5, 0.6) is 0 Å². The number of aromatic nitrogens is 1. The molecule has 2 heterocycles. The number of thiazole rings is 1. The van der Waals surface area contributed by atoms with Gasteiger partial charge in [0, 0.05) is 5.38 Å². The Morgan fingerprint density at radius 1 is 1.52 bits per heavy atom. The first-order valence-electron chi connectivity index (χ1n) is 5.48. The predicted molar refractivity (Wildman–Crippen MR) is 77.7 cm³/mol. The number of methoxy groups -OCH3 is 1. The highest BCUT2D eigenvalue weighted by molar-refractivity contribution is 7.94. The molecule has 0 radical (unpaired) electrons. The van der Waals surface area contributed by atoms with E-state index in [4.69, 9.17) is 5.26 Å². The fraction of sp³-hybridized carbons (Fsp3) is 0.182. The monoisotopic (exact) mass is 343 g/mol. The van der Waals surface area contributed by atoms with Crippen molar-refractivity contribution in [2.75, 3.05) is 11.8 Å². The number of carbonyl (C=O) groups is 1. The number of ether oxygens (including phenoxy) is 1. The fourth-order valence-electron chi connectivity index (χ4n) is 1.34. The molecule has 7 nitrogen and oxygen atoms in total. The van der Waals surface area contributed by atoms with Crippen molar-refractivity contribution in [3.05, 3.63) is 28.1 Å². The van der Waals surface area contributed by atoms with E-state index in [2.05, 4.69) is 14.4 Å². The number of nitriles is 1. The molecule has 2 aromatic rings. The van der Waals surface area contributed by atoms with E-state index in [1.54, 1.807) is 5.38 Å². The number of esters is 1. The Balaban J connectivity index is 2.14. The molecule has 0 aliphatic carbocycles. The number of nitrogens with one attached hydrogen (secondary N) is 1. The predicted octanol–water partition coefficient (Wildman–Crippen LogP) is 1.59. The van der Waals surface area contributed by atoms with Crippen LogP contribution in [-0.2, 0) is 26.0 Å². The van der Waals surface area contributed by atoms with E-state index in [0.717, 1.165) is 22.7 Å². The Labute approximate surface area is 128 Å². The third-order valence-corrected chi connectivity index (χ3v) is 6.04. The van der Waals surface area contributed by atoms with Crippen molar-refractivity contribution in [2.24, 2.45) is 0 Å². The molecule has 0 fully saturated rings. The first-order valence-corrected chi connectivity index (χ1v) is 8.66. The summed E-state index contributed by atoms with van der Waals surface area (Å²) < 4.78 is 31.0. The van der Waals surface area contributed by atoms with Crippen LogP contribution >= 0.6 is 22.7 Å². The zero-order valence-corrected chi connectivity index (χ0v) is 13.1. The minimum atomic E-state index is -3.77. The van der Waals surface area contributed by atoms with E-state index < -0.39 is 16.0 Å². The summed E-state index contributed by atoms with van der Waals surface area (Å²) in [6, 6.07) is 4.67. The minimum Gasteiger partial charge on any atom is -0.469 e. The maximum atomic E-state index is 12.1. The van der Waals surface area contributed by atoms with E-state index in [-0.39, 0.29) is 15.8 Å². The van der Waals surface area contributed by atoms with E-state index in [1.807, 2.05) is 6.07 Å². The van der Waals surface area contributed by atoms with Gasteiger partial charge in [0.2, 0.25) is 0 Å². The number of carbonyl (C=O) groups excluding carboxylic acids is 1. The lowest BCUT2D eigenvalue weighted by molar-refractivity contribution is -0.139. The van der Waals surface area contributed by atoms with Crippen molar-refractivity contribution in [2.45, 2.75) is 10.6 Å². The third kappa shape index (κ3) is 3.78. The standard InChI is InChI=1S/C11H9N3O4S3/c1-18-9(15)4-7-6-19-11(13-7)14-21(16,17)10-3-2-8(5-12)20-10/h2-3,6H,4H2,1H3,(H,13,14). The molecule has 0 atom stereocenters. The maximum absolute atomic E-state index is 12.1. The summed E-state index contributed by atoms with van der Waals surface area (Å²) >= 11 is 1.94. The quantitative estimate of drug-likeness (QED) is 0.826. The lowest BCUT2D eigenvalue weighted by Crippen LogP contribution is -2.11. The molecule has 10 heteroatoms. The summed E-state index contributed by atoms with van der Waals surface area (Å²) in [5, 5.41) is 10.4. The highest BCUT2D eigenvalue weighted by atomic mass is 32.2. The molecule has 0 saturated heterocycles. The number of rotatable bonds is 5. The molecule has 0 saturated carbocycles. The summed E-state index contributed by atoms with van der Waals surface area (Å²) in [4.78, 5) is 15.4. The van der Waals surface area contributed by atoms with E-state index in [0.29, 0.717) is 10.6 Å². The zero-order chi connectivity index (χ0) is 15.5. The topological polar surface area (TPSA) is 109 Å². The van der Waals surface area contributed by atoms with Gasteiger partial charge in [0.15, 0.2) is 5.13 Å². The molecule has 0 aromatic carbocycles. The lowest BCUT2D eigenvalue weighted by Gasteiger charge is -2.01. The second kappa shape index (κ2) is 6.21. The van der Waals surface area contributed by atoms with Crippen LogP contribution in [0, 0.1) is 11.3 Å². The van der Waals surface area contributed by atoms with Crippen LogP contribution in [0.25, 0.3) is 0 Å². The molecular formula is C11H9N3O4S3. The van der Waals surface area contributed by atoms with Crippen molar-refractivity contribution in [3.63, 3.8) is 0 Å². The van der Waals surface area contributed by atoms with Crippen molar-refractivity contribution in [1.82, 2.24) is 4.98 Å². The highest BCUT2D eigenvalue weighted by Crippen LogP contribution is 2.25. The molecule has 0 bridgehead atoms. The summed E-state index contributed by atoms with van der Waals surface area (Å²) in [7, 11) is -2.51. The van der Waals surface area contributed by atoms with Gasteiger partial charge in [0.05, 0.1) is 19.2 Å². The van der Waals surface area contributed by atoms with Crippen molar-refractivity contribution in [3.8, 4) is 6.07 Å². The Bertz CT molecular complexity index is 801. The van der Waals surface area contributed by atoms with Crippen LogP contribution in [0.2, 0.25) is 0 Å². The van der Waals surface area contributed by atoms with Crippen LogP contribution in [0.3, 0.4) is 0 Å². The molecule has 21 heavy (non-hydrogen) atoms. The second-order valence-corrected chi connectivity index (χ2v) is 7.58. The molecule has 0 amide bonds. The van der Waals surface area contributed by atoms with Gasteiger partial charge in [0.25, 0.3) is 10.0 Å². The number of hydrogen-bond donors (Lipinski definition) is 1. The van der Waals surface area contributed by atoms with E-state index in [9.17, 15) is 13.2 Å². The number of anilines is 1. The van der Waals surface area contributed by atoms with Crippen LogP contribution in [0.15, 0.2) is 21.7 Å². The SMILES string of the molecule is COC(=O)Cc1csc(NS(=O)(=O)c2ccc(C#N)s2)n1. The number of thiophene rings is 1. The molecular weight excluding hydrogens is 334 g/mol. The highest BCUT2D eigenvalue weighted by Gasteiger charge is 2.19. The van der Waals surface area contributed by atoms with Gasteiger partial charge in [-0.2, -0.15) is 5.26 Å². The Kier molecular flexibility index (Phi) is 4.56. The average molecular weight is 343 g/mol. The average Bonchev–Trinajstić information content (AvgIpc) is 3.07. The third-order valence-electron chi connectivity index (χ3n) is 2.28. The van der Waals surface area contributed by atoms with Gasteiger partial charge in [-0.05, 0) is 12.1 Å². The van der Waals surface area contributed by atoms with Crippen molar-refractivity contribution in [1.29, 1.82) is 5.26 Å². The smallest absolute Gasteiger partial charge is 0.311 e. The number of nitrogens with zero attached hydrogens (tertiary/aromatic N) is 2. The second-order valence-electron chi connectivity index (χ2n) is 3.73. The molecule has 0 spiro atoms. The minimum absolute atomic E-state index is 0.0215. The van der Waals surface area contributed by atoms with Gasteiger partial charge in [-0.25, -0.2) is 13.4 Å². The zero-order valence-electron chi connectivity index (χ0n) is 10.7. The van der Waals surface area contributed by atoms with E-state index >= 15 is 0 Å². The molecule has 2 rings (SSSR count). The largest absolute Gasteiger partial charge is 0.469 e. The molecule has 1 N–H and O–H groups in total. The van der Waals surface area contributed by atoms with E-state index in [1.165, 1.54) is 19.2 Å². The Morgan fingerprint density at radius 3 is 2.90 bits per heavy atom. The van der Waals surface area contributed by atoms with Crippen LogP contribution in [0.1, 0.15) is 10.6 Å². The van der Waals surface area contributed by atoms with Crippen molar-refractivity contribution < 1.29 is 17.9 Å². The molecule has 2 aromatic heterocycles. The van der Waals surface area contributed by atoms with Crippen LogP contribution < -0.4 is 4.72 Å². The van der Waals surface area contributed by atoms with Crippen molar-refractivity contribution >= 4 is 43.8 Å². The van der Waals surface area contributed by atoms with Gasteiger partial charge in [0.1, 0.15) is 15.2 Å². The Morgan fingerprint density at radius 2 is 2.29 bits per heavy atom. The number of sulfonamides is 1. The molecule has 0 aliphatic heterocycles. The lowest BCUT2D eigenvalue weighted by atomic mass is 10.3. The van der Waals surface area contributed by atoms with Gasteiger partial charge in [-0.15, -0.1) is 22.7 Å². The van der Waals surface area contributed by atoms with Gasteiger partial charge in [-0.3, -0.25) is 9.52 Å². The number of hydrogen-bond acceptors (Lipinski definition) is 8.